The Morgan fingerprint density at radius 1 is 1.25 bits per heavy atom. The summed E-state index contributed by atoms with van der Waals surface area (Å²) in [5.41, 5.74) is 6.63. The number of nitrogens with one attached hydrogen (secondary N) is 2. The lowest BCUT2D eigenvalue weighted by molar-refractivity contribution is 0.700. The van der Waals surface area contributed by atoms with Gasteiger partial charge in [0.2, 0.25) is 0 Å². The van der Waals surface area contributed by atoms with Gasteiger partial charge in [-0.1, -0.05) is 18.2 Å². The second kappa shape index (κ2) is 6.83. The number of rotatable bonds is 3. The number of aromatic amines is 1. The molecule has 4 aromatic rings. The molecular formula is C21H19N5OS. The van der Waals surface area contributed by atoms with Crippen LogP contribution in [0.5, 0.6) is 0 Å². The molecule has 0 bridgehead atoms. The number of hydrazone groups is 1. The first kappa shape index (κ1) is 17.1. The van der Waals surface area contributed by atoms with Crippen molar-refractivity contribution >= 4 is 44.5 Å². The van der Waals surface area contributed by atoms with E-state index in [9.17, 15) is 4.79 Å². The molecule has 3 aromatic heterocycles. The Balaban J connectivity index is 1.49. The first-order chi connectivity index (χ1) is 13.7. The highest BCUT2D eigenvalue weighted by atomic mass is 32.1. The third kappa shape index (κ3) is 2.88. The van der Waals surface area contributed by atoms with E-state index in [1.165, 1.54) is 23.3 Å². The molecule has 0 spiro atoms. The van der Waals surface area contributed by atoms with Crippen molar-refractivity contribution in [3.8, 4) is 0 Å². The van der Waals surface area contributed by atoms with Gasteiger partial charge in [-0.25, -0.2) is 9.97 Å². The molecule has 0 unspecified atom stereocenters. The average Bonchev–Trinajstić information content (AvgIpc) is 3.09. The van der Waals surface area contributed by atoms with Crippen molar-refractivity contribution < 1.29 is 0 Å². The number of hydrogen-bond donors (Lipinski definition) is 2. The number of para-hydroxylation sites is 1. The minimum Gasteiger partial charge on any atom is -0.321 e. The van der Waals surface area contributed by atoms with Crippen molar-refractivity contribution in [1.82, 2.24) is 15.0 Å². The smallest absolute Gasteiger partial charge is 0.257 e. The number of fused-ring (bicyclic) bond motifs is 4. The minimum atomic E-state index is -0.159. The second-order valence-electron chi connectivity index (χ2n) is 7.08. The fourth-order valence-electron chi connectivity index (χ4n) is 3.83. The Morgan fingerprint density at radius 2 is 2.14 bits per heavy atom. The standard InChI is InChI=1S/C21H19N5OS/c1-12-5-4-6-13-9-14(20(27)25-18(12)13)10-24-26-19-17-15-7-2-3-8-16(15)28-21(17)23-11-22-19/h4-6,9-11H,2-3,7-8H2,1H3,(H,25,27)(H,22,23,26)/b24-10+. The number of aromatic nitrogens is 3. The minimum absolute atomic E-state index is 0.159. The zero-order chi connectivity index (χ0) is 19.1. The summed E-state index contributed by atoms with van der Waals surface area (Å²) >= 11 is 1.75. The van der Waals surface area contributed by atoms with Crippen molar-refractivity contribution in [1.29, 1.82) is 0 Å². The number of benzene rings is 1. The lowest BCUT2D eigenvalue weighted by atomic mass is 9.97. The quantitative estimate of drug-likeness (QED) is 0.407. The maximum Gasteiger partial charge on any atom is 0.257 e. The fraction of sp³-hybridized carbons (Fsp3) is 0.238. The molecule has 7 heteroatoms. The van der Waals surface area contributed by atoms with E-state index in [0.717, 1.165) is 39.5 Å². The molecule has 140 valence electrons. The van der Waals surface area contributed by atoms with Crippen LogP contribution < -0.4 is 11.0 Å². The number of pyridine rings is 1. The maximum absolute atomic E-state index is 12.4. The second-order valence-corrected chi connectivity index (χ2v) is 8.16. The van der Waals surface area contributed by atoms with Crippen molar-refractivity contribution in [3.05, 3.63) is 62.5 Å². The number of anilines is 1. The largest absolute Gasteiger partial charge is 0.321 e. The van der Waals surface area contributed by atoms with Crippen molar-refractivity contribution in [3.63, 3.8) is 0 Å². The van der Waals surface area contributed by atoms with Crippen LogP contribution in [0, 0.1) is 6.92 Å². The van der Waals surface area contributed by atoms with Crippen LogP contribution in [-0.4, -0.2) is 21.2 Å². The number of aryl methyl sites for hydroxylation is 3. The van der Waals surface area contributed by atoms with Gasteiger partial charge in [0.05, 0.1) is 22.7 Å². The number of nitrogens with zero attached hydrogens (tertiary/aromatic N) is 3. The normalized spacial score (nSPS) is 14.0. The van der Waals surface area contributed by atoms with E-state index < -0.39 is 0 Å². The summed E-state index contributed by atoms with van der Waals surface area (Å²) in [5, 5.41) is 6.36. The Labute approximate surface area is 165 Å². The van der Waals surface area contributed by atoms with Crippen LogP contribution in [-0.2, 0) is 12.8 Å². The van der Waals surface area contributed by atoms with E-state index in [1.807, 2.05) is 31.2 Å². The predicted octanol–water partition coefficient (Wildman–Crippen LogP) is 4.17. The zero-order valence-corrected chi connectivity index (χ0v) is 16.3. The van der Waals surface area contributed by atoms with Gasteiger partial charge in [-0.2, -0.15) is 5.10 Å². The summed E-state index contributed by atoms with van der Waals surface area (Å²) in [5.74, 6) is 0.703. The molecule has 2 N–H and O–H groups in total. The van der Waals surface area contributed by atoms with Crippen LogP contribution in [0.3, 0.4) is 0 Å². The van der Waals surface area contributed by atoms with E-state index in [-0.39, 0.29) is 5.56 Å². The Kier molecular flexibility index (Phi) is 4.16. The monoisotopic (exact) mass is 389 g/mol. The number of hydrogen-bond acceptors (Lipinski definition) is 6. The topological polar surface area (TPSA) is 83.0 Å². The lowest BCUT2D eigenvalue weighted by Gasteiger charge is -2.11. The van der Waals surface area contributed by atoms with Gasteiger partial charge < -0.3 is 4.98 Å². The van der Waals surface area contributed by atoms with Gasteiger partial charge in [0.1, 0.15) is 11.2 Å². The molecule has 0 aliphatic heterocycles. The number of H-pyrrole nitrogens is 1. The van der Waals surface area contributed by atoms with Crippen LogP contribution in [0.15, 0.2) is 40.5 Å². The van der Waals surface area contributed by atoms with Crippen LogP contribution in [0.1, 0.15) is 34.4 Å². The molecule has 1 aromatic carbocycles. The summed E-state index contributed by atoms with van der Waals surface area (Å²) < 4.78 is 0. The van der Waals surface area contributed by atoms with Gasteiger partial charge in [0.25, 0.3) is 5.56 Å². The fourth-order valence-corrected chi connectivity index (χ4v) is 5.06. The van der Waals surface area contributed by atoms with Crippen LogP contribution in [0.25, 0.3) is 21.1 Å². The summed E-state index contributed by atoms with van der Waals surface area (Å²) in [4.78, 5) is 26.6. The van der Waals surface area contributed by atoms with Crippen molar-refractivity contribution in [2.24, 2.45) is 5.10 Å². The molecule has 6 nitrogen and oxygen atoms in total. The lowest BCUT2D eigenvalue weighted by Crippen LogP contribution is -2.12. The molecule has 1 aliphatic rings. The summed E-state index contributed by atoms with van der Waals surface area (Å²) in [6.45, 7) is 1.98. The maximum atomic E-state index is 12.4. The van der Waals surface area contributed by atoms with E-state index in [2.05, 4.69) is 25.5 Å². The highest BCUT2D eigenvalue weighted by molar-refractivity contribution is 7.19. The van der Waals surface area contributed by atoms with Crippen LogP contribution in [0.4, 0.5) is 5.82 Å². The predicted molar refractivity (Wildman–Crippen MR) is 115 cm³/mol. The van der Waals surface area contributed by atoms with E-state index in [0.29, 0.717) is 11.4 Å². The van der Waals surface area contributed by atoms with Gasteiger partial charge in [0.15, 0.2) is 5.82 Å². The molecule has 0 saturated heterocycles. The van der Waals surface area contributed by atoms with Crippen molar-refractivity contribution in [2.75, 3.05) is 5.43 Å². The average molecular weight is 389 g/mol. The molecule has 0 amide bonds. The van der Waals surface area contributed by atoms with Gasteiger partial charge >= 0.3 is 0 Å². The first-order valence-corrected chi connectivity index (χ1v) is 10.2. The zero-order valence-electron chi connectivity index (χ0n) is 15.5. The summed E-state index contributed by atoms with van der Waals surface area (Å²) in [6.07, 6.45) is 7.72. The highest BCUT2D eigenvalue weighted by Gasteiger charge is 2.19. The van der Waals surface area contributed by atoms with Gasteiger partial charge in [0, 0.05) is 4.88 Å². The van der Waals surface area contributed by atoms with Gasteiger partial charge in [-0.05, 0) is 55.2 Å². The molecule has 0 saturated carbocycles. The Morgan fingerprint density at radius 3 is 3.07 bits per heavy atom. The number of thiophene rings is 1. The Hall–Kier alpha value is -3.06. The molecule has 0 radical (unpaired) electrons. The molecule has 0 fully saturated rings. The molecule has 0 atom stereocenters. The van der Waals surface area contributed by atoms with E-state index >= 15 is 0 Å². The SMILES string of the molecule is Cc1cccc2cc(/C=N/Nc3ncnc4sc5c(c34)CCCC5)c(=O)[nH]c12. The summed E-state index contributed by atoms with van der Waals surface area (Å²) in [6, 6.07) is 7.80. The Bertz CT molecular complexity index is 1290. The van der Waals surface area contributed by atoms with E-state index in [4.69, 9.17) is 0 Å². The van der Waals surface area contributed by atoms with Crippen LogP contribution >= 0.6 is 11.3 Å². The molecule has 3 heterocycles. The third-order valence-corrected chi connectivity index (χ3v) is 6.44. The van der Waals surface area contributed by atoms with Gasteiger partial charge in [-0.3, -0.25) is 10.2 Å². The molecule has 5 rings (SSSR count). The van der Waals surface area contributed by atoms with Crippen LogP contribution in [0.2, 0.25) is 0 Å². The third-order valence-electron chi connectivity index (χ3n) is 5.24. The summed E-state index contributed by atoms with van der Waals surface area (Å²) in [7, 11) is 0. The molecule has 1 aliphatic carbocycles. The molecule has 28 heavy (non-hydrogen) atoms. The van der Waals surface area contributed by atoms with Crippen molar-refractivity contribution in [2.45, 2.75) is 32.6 Å². The van der Waals surface area contributed by atoms with E-state index in [1.54, 1.807) is 23.9 Å². The first-order valence-electron chi connectivity index (χ1n) is 9.37. The molecular weight excluding hydrogens is 370 g/mol. The van der Waals surface area contributed by atoms with Gasteiger partial charge in [-0.15, -0.1) is 11.3 Å². The highest BCUT2D eigenvalue weighted by Crippen LogP contribution is 2.38.